The standard InChI is InChI=1S/C20H22ClN3O4S/c1-14(19-22-18-10-9-15(21)13-17(18)20(25)23(19)2)24(11-12-28-3)29(26,27)16-7-5-4-6-8-16/h4-10,13-14H,11-12H2,1-3H3. The van der Waals surface area contributed by atoms with E-state index in [1.54, 1.807) is 50.4 Å². The van der Waals surface area contributed by atoms with Crippen LogP contribution in [0.4, 0.5) is 0 Å². The Morgan fingerprint density at radius 3 is 2.55 bits per heavy atom. The van der Waals surface area contributed by atoms with E-state index in [0.717, 1.165) is 0 Å². The maximum atomic E-state index is 13.3. The molecule has 0 fully saturated rings. The Morgan fingerprint density at radius 2 is 1.90 bits per heavy atom. The summed E-state index contributed by atoms with van der Waals surface area (Å²) in [5.41, 5.74) is 0.173. The van der Waals surface area contributed by atoms with Crippen LogP contribution in [0.15, 0.2) is 58.2 Å². The van der Waals surface area contributed by atoms with Gasteiger partial charge < -0.3 is 4.74 Å². The molecule has 0 amide bonds. The molecule has 1 unspecified atom stereocenters. The zero-order valence-corrected chi connectivity index (χ0v) is 17.9. The molecular weight excluding hydrogens is 414 g/mol. The molecule has 1 heterocycles. The molecule has 0 aliphatic heterocycles. The van der Waals surface area contributed by atoms with E-state index in [4.69, 9.17) is 16.3 Å². The van der Waals surface area contributed by atoms with Crippen LogP contribution in [0.5, 0.6) is 0 Å². The van der Waals surface area contributed by atoms with Crippen LogP contribution in [0.2, 0.25) is 5.02 Å². The minimum atomic E-state index is -3.83. The van der Waals surface area contributed by atoms with Crippen molar-refractivity contribution >= 4 is 32.5 Å². The van der Waals surface area contributed by atoms with E-state index >= 15 is 0 Å². The quantitative estimate of drug-likeness (QED) is 0.569. The second-order valence-corrected chi connectivity index (χ2v) is 8.92. The van der Waals surface area contributed by atoms with Crippen molar-refractivity contribution in [2.75, 3.05) is 20.3 Å². The Hall–Kier alpha value is -2.26. The Morgan fingerprint density at radius 1 is 1.21 bits per heavy atom. The summed E-state index contributed by atoms with van der Waals surface area (Å²) in [5.74, 6) is 0.334. The second kappa shape index (κ2) is 8.62. The van der Waals surface area contributed by atoms with E-state index in [2.05, 4.69) is 4.98 Å². The summed E-state index contributed by atoms with van der Waals surface area (Å²) in [6.07, 6.45) is 0. The molecule has 3 aromatic rings. The molecule has 29 heavy (non-hydrogen) atoms. The molecule has 154 valence electrons. The summed E-state index contributed by atoms with van der Waals surface area (Å²) in [6, 6.07) is 12.3. The van der Waals surface area contributed by atoms with Gasteiger partial charge in [0, 0.05) is 25.7 Å². The minimum absolute atomic E-state index is 0.115. The molecule has 1 atom stereocenters. The number of fused-ring (bicyclic) bond motifs is 1. The first-order chi connectivity index (χ1) is 13.8. The summed E-state index contributed by atoms with van der Waals surface area (Å²) >= 11 is 6.00. The summed E-state index contributed by atoms with van der Waals surface area (Å²) < 4.78 is 34.4. The fourth-order valence-electron chi connectivity index (χ4n) is 3.19. The van der Waals surface area contributed by atoms with E-state index in [-0.39, 0.29) is 23.6 Å². The number of rotatable bonds is 7. The highest BCUT2D eigenvalue weighted by molar-refractivity contribution is 7.89. The second-order valence-electron chi connectivity index (χ2n) is 6.59. The minimum Gasteiger partial charge on any atom is -0.383 e. The number of methoxy groups -OCH3 is 1. The van der Waals surface area contributed by atoms with Gasteiger partial charge in [0.25, 0.3) is 5.56 Å². The highest BCUT2D eigenvalue weighted by atomic mass is 35.5. The fraction of sp³-hybridized carbons (Fsp3) is 0.300. The average molecular weight is 436 g/mol. The first kappa shape index (κ1) is 21.4. The van der Waals surface area contributed by atoms with E-state index in [9.17, 15) is 13.2 Å². The summed E-state index contributed by atoms with van der Waals surface area (Å²) in [6.45, 7) is 2.02. The zero-order chi connectivity index (χ0) is 21.2. The molecule has 9 heteroatoms. The number of nitrogens with zero attached hydrogens (tertiary/aromatic N) is 3. The van der Waals surface area contributed by atoms with Crippen LogP contribution in [0.25, 0.3) is 10.9 Å². The van der Waals surface area contributed by atoms with Crippen LogP contribution in [0.1, 0.15) is 18.8 Å². The average Bonchev–Trinajstić information content (AvgIpc) is 2.71. The van der Waals surface area contributed by atoms with E-state index < -0.39 is 16.1 Å². The van der Waals surface area contributed by atoms with Crippen LogP contribution in [-0.4, -0.2) is 42.5 Å². The van der Waals surface area contributed by atoms with E-state index in [1.165, 1.54) is 28.1 Å². The first-order valence-electron chi connectivity index (χ1n) is 8.99. The van der Waals surface area contributed by atoms with E-state index in [0.29, 0.717) is 21.7 Å². The van der Waals surface area contributed by atoms with Gasteiger partial charge >= 0.3 is 0 Å². The van der Waals surface area contributed by atoms with Crippen molar-refractivity contribution in [1.29, 1.82) is 0 Å². The Bertz CT molecular complexity index is 1180. The normalized spacial score (nSPS) is 13.1. The lowest BCUT2D eigenvalue weighted by Gasteiger charge is -2.29. The molecular formula is C20H22ClN3O4S. The van der Waals surface area contributed by atoms with Crippen LogP contribution < -0.4 is 5.56 Å². The third-order valence-corrected chi connectivity index (χ3v) is 6.96. The highest BCUT2D eigenvalue weighted by Gasteiger charge is 2.32. The molecule has 0 radical (unpaired) electrons. The molecule has 0 saturated carbocycles. The number of benzene rings is 2. The van der Waals surface area contributed by atoms with Crippen LogP contribution in [0, 0.1) is 0 Å². The maximum absolute atomic E-state index is 13.3. The predicted molar refractivity (Wildman–Crippen MR) is 113 cm³/mol. The number of hydrogen-bond acceptors (Lipinski definition) is 5. The molecule has 1 aromatic heterocycles. The van der Waals surface area contributed by atoms with Gasteiger partial charge in [0.2, 0.25) is 10.0 Å². The lowest BCUT2D eigenvalue weighted by Crippen LogP contribution is -2.39. The summed E-state index contributed by atoms with van der Waals surface area (Å²) in [5, 5.41) is 0.816. The molecule has 0 saturated heterocycles. The number of hydrogen-bond donors (Lipinski definition) is 0. The van der Waals surface area contributed by atoms with Gasteiger partial charge in [-0.05, 0) is 37.3 Å². The van der Waals surface area contributed by atoms with Crippen LogP contribution in [-0.2, 0) is 21.8 Å². The monoisotopic (exact) mass is 435 g/mol. The predicted octanol–water partition coefficient (Wildman–Crippen LogP) is 2.99. The van der Waals surface area contributed by atoms with Gasteiger partial charge in [0.15, 0.2) is 0 Å². The topological polar surface area (TPSA) is 81.5 Å². The van der Waals surface area contributed by atoms with Crippen molar-refractivity contribution in [2.45, 2.75) is 17.9 Å². The van der Waals surface area contributed by atoms with Crippen molar-refractivity contribution in [3.05, 3.63) is 69.7 Å². The van der Waals surface area contributed by atoms with Crippen LogP contribution >= 0.6 is 11.6 Å². The van der Waals surface area contributed by atoms with Crippen molar-refractivity contribution in [1.82, 2.24) is 13.9 Å². The van der Waals surface area contributed by atoms with Crippen molar-refractivity contribution in [3.8, 4) is 0 Å². The fourth-order valence-corrected chi connectivity index (χ4v) is 4.96. The largest absolute Gasteiger partial charge is 0.383 e. The number of sulfonamides is 1. The van der Waals surface area contributed by atoms with Gasteiger partial charge in [-0.1, -0.05) is 29.8 Å². The van der Waals surface area contributed by atoms with Crippen molar-refractivity contribution < 1.29 is 13.2 Å². The smallest absolute Gasteiger partial charge is 0.261 e. The van der Waals surface area contributed by atoms with Crippen molar-refractivity contribution in [3.63, 3.8) is 0 Å². The third kappa shape index (κ3) is 4.20. The Labute approximate surface area is 174 Å². The molecule has 3 rings (SSSR count). The van der Waals surface area contributed by atoms with Gasteiger partial charge in [0.05, 0.1) is 28.4 Å². The molecule has 0 spiro atoms. The Balaban J connectivity index is 2.14. The summed E-state index contributed by atoms with van der Waals surface area (Å²) in [7, 11) is -0.753. The molecule has 0 aliphatic rings. The molecule has 7 nitrogen and oxygen atoms in total. The third-order valence-electron chi connectivity index (χ3n) is 4.74. The molecule has 0 N–H and O–H groups in total. The molecule has 0 aliphatic carbocycles. The highest BCUT2D eigenvalue weighted by Crippen LogP contribution is 2.27. The Kier molecular flexibility index (Phi) is 6.38. The van der Waals surface area contributed by atoms with Gasteiger partial charge in [-0.3, -0.25) is 9.36 Å². The van der Waals surface area contributed by atoms with E-state index in [1.807, 2.05) is 0 Å². The van der Waals surface area contributed by atoms with Crippen LogP contribution in [0.3, 0.4) is 0 Å². The number of aromatic nitrogens is 2. The van der Waals surface area contributed by atoms with Gasteiger partial charge in [-0.25, -0.2) is 13.4 Å². The maximum Gasteiger partial charge on any atom is 0.261 e. The first-order valence-corrected chi connectivity index (χ1v) is 10.8. The SMILES string of the molecule is COCCN(C(C)c1nc2ccc(Cl)cc2c(=O)n1C)S(=O)(=O)c1ccccc1. The van der Waals surface area contributed by atoms with Gasteiger partial charge in [0.1, 0.15) is 5.82 Å². The zero-order valence-electron chi connectivity index (χ0n) is 16.4. The molecule has 2 aromatic carbocycles. The van der Waals surface area contributed by atoms with Gasteiger partial charge in [-0.15, -0.1) is 0 Å². The van der Waals surface area contributed by atoms with Gasteiger partial charge in [-0.2, -0.15) is 4.31 Å². The number of ether oxygens (including phenoxy) is 1. The molecule has 0 bridgehead atoms. The lowest BCUT2D eigenvalue weighted by atomic mass is 10.2. The summed E-state index contributed by atoms with van der Waals surface area (Å²) in [4.78, 5) is 17.6. The number of halogens is 1. The lowest BCUT2D eigenvalue weighted by molar-refractivity contribution is 0.166. The van der Waals surface area contributed by atoms with Crippen molar-refractivity contribution in [2.24, 2.45) is 7.05 Å².